The molecule has 0 saturated heterocycles. The summed E-state index contributed by atoms with van der Waals surface area (Å²) in [5.41, 5.74) is 1.56. The fraction of sp³-hybridized carbons (Fsp3) is 0.333. The van der Waals surface area contributed by atoms with Crippen molar-refractivity contribution in [2.45, 2.75) is 32.4 Å². The van der Waals surface area contributed by atoms with Crippen LogP contribution >= 0.6 is 0 Å². The highest BCUT2D eigenvalue weighted by Gasteiger charge is 2.28. The van der Waals surface area contributed by atoms with Crippen molar-refractivity contribution in [3.63, 3.8) is 0 Å². The van der Waals surface area contributed by atoms with Crippen LogP contribution in [0.3, 0.4) is 0 Å². The number of ether oxygens (including phenoxy) is 1. The van der Waals surface area contributed by atoms with E-state index in [4.69, 9.17) is 4.74 Å². The van der Waals surface area contributed by atoms with Crippen molar-refractivity contribution in [1.82, 2.24) is 10.2 Å². The van der Waals surface area contributed by atoms with Crippen LogP contribution in [0.1, 0.15) is 24.5 Å². The Kier molecular flexibility index (Phi) is 7.34. The van der Waals surface area contributed by atoms with Crippen LogP contribution in [0.5, 0.6) is 5.75 Å². The first-order valence-electron chi connectivity index (χ1n) is 8.87. The predicted molar refractivity (Wildman–Crippen MR) is 102 cm³/mol. The van der Waals surface area contributed by atoms with Crippen LogP contribution in [0.2, 0.25) is 0 Å². The molecule has 1 N–H and O–H groups in total. The summed E-state index contributed by atoms with van der Waals surface area (Å²) in [6, 6.07) is 12.6. The molecule has 144 valence electrons. The Hall–Kier alpha value is -2.89. The SMILES string of the molecule is CC[C@H](C(=O)NC)N(Cc1cccc(OC)c1)C(=O)Cc1ccc(F)cc1. The van der Waals surface area contributed by atoms with Gasteiger partial charge in [0.15, 0.2) is 0 Å². The number of amides is 2. The zero-order chi connectivity index (χ0) is 19.8. The van der Waals surface area contributed by atoms with Crippen LogP contribution in [-0.4, -0.2) is 36.9 Å². The summed E-state index contributed by atoms with van der Waals surface area (Å²) in [5, 5.41) is 2.62. The summed E-state index contributed by atoms with van der Waals surface area (Å²) >= 11 is 0. The molecule has 0 aliphatic carbocycles. The van der Waals surface area contributed by atoms with Crippen LogP contribution in [0.25, 0.3) is 0 Å². The Bertz CT molecular complexity index is 777. The van der Waals surface area contributed by atoms with Gasteiger partial charge >= 0.3 is 0 Å². The van der Waals surface area contributed by atoms with E-state index in [9.17, 15) is 14.0 Å². The van der Waals surface area contributed by atoms with Gasteiger partial charge in [0.1, 0.15) is 17.6 Å². The Labute approximate surface area is 159 Å². The topological polar surface area (TPSA) is 58.6 Å². The second kappa shape index (κ2) is 9.71. The molecular formula is C21H25FN2O3. The third-order valence-electron chi connectivity index (χ3n) is 4.39. The Morgan fingerprint density at radius 1 is 1.15 bits per heavy atom. The van der Waals surface area contributed by atoms with E-state index in [0.29, 0.717) is 17.7 Å². The van der Waals surface area contributed by atoms with E-state index in [1.54, 1.807) is 31.2 Å². The predicted octanol–water partition coefficient (Wildman–Crippen LogP) is 2.93. The van der Waals surface area contributed by atoms with E-state index >= 15 is 0 Å². The minimum atomic E-state index is -0.589. The maximum absolute atomic E-state index is 13.1. The van der Waals surface area contributed by atoms with Crippen molar-refractivity contribution in [2.24, 2.45) is 0 Å². The molecule has 2 amide bonds. The molecule has 0 unspecified atom stereocenters. The molecule has 0 spiro atoms. The van der Waals surface area contributed by atoms with Crippen LogP contribution in [0.15, 0.2) is 48.5 Å². The monoisotopic (exact) mass is 372 g/mol. The molecule has 2 rings (SSSR count). The molecule has 0 aromatic heterocycles. The summed E-state index contributed by atoms with van der Waals surface area (Å²) in [7, 11) is 3.13. The fourth-order valence-corrected chi connectivity index (χ4v) is 2.93. The molecule has 0 aliphatic heterocycles. The van der Waals surface area contributed by atoms with Gasteiger partial charge in [0.05, 0.1) is 13.5 Å². The molecule has 1 atom stereocenters. The number of nitrogens with one attached hydrogen (secondary N) is 1. The lowest BCUT2D eigenvalue weighted by atomic mass is 10.1. The lowest BCUT2D eigenvalue weighted by Gasteiger charge is -2.30. The van der Waals surface area contributed by atoms with E-state index in [1.165, 1.54) is 12.1 Å². The maximum Gasteiger partial charge on any atom is 0.242 e. The maximum atomic E-state index is 13.1. The van der Waals surface area contributed by atoms with E-state index < -0.39 is 6.04 Å². The third-order valence-corrected chi connectivity index (χ3v) is 4.39. The van der Waals surface area contributed by atoms with Gasteiger partial charge in [0.25, 0.3) is 0 Å². The third kappa shape index (κ3) is 5.54. The summed E-state index contributed by atoms with van der Waals surface area (Å²) < 4.78 is 18.4. The van der Waals surface area contributed by atoms with Gasteiger partial charge in [-0.25, -0.2) is 4.39 Å². The molecule has 0 heterocycles. The lowest BCUT2D eigenvalue weighted by Crippen LogP contribution is -2.48. The number of carbonyl (C=O) groups excluding carboxylic acids is 2. The van der Waals surface area contributed by atoms with Gasteiger partial charge in [0.2, 0.25) is 11.8 Å². The van der Waals surface area contributed by atoms with Crippen molar-refractivity contribution in [2.75, 3.05) is 14.2 Å². The number of rotatable bonds is 8. The molecule has 0 saturated carbocycles. The first kappa shape index (κ1) is 20.4. The molecule has 2 aromatic carbocycles. The van der Waals surface area contributed by atoms with Crippen molar-refractivity contribution < 1.29 is 18.7 Å². The van der Waals surface area contributed by atoms with Gasteiger partial charge in [-0.1, -0.05) is 31.2 Å². The van der Waals surface area contributed by atoms with Gasteiger partial charge in [-0.05, 0) is 41.8 Å². The molecule has 0 fully saturated rings. The Morgan fingerprint density at radius 3 is 2.44 bits per heavy atom. The molecule has 6 heteroatoms. The summed E-state index contributed by atoms with van der Waals surface area (Å²) in [6.07, 6.45) is 0.580. The standard InChI is InChI=1S/C21H25FN2O3/c1-4-19(21(26)23-2)24(14-16-6-5-7-18(12-16)27-3)20(25)13-15-8-10-17(22)11-9-15/h5-12,19H,4,13-14H2,1-3H3,(H,23,26)/t19-/m1/s1. The van der Waals surface area contributed by atoms with E-state index in [1.807, 2.05) is 31.2 Å². The molecule has 0 bridgehead atoms. The minimum absolute atomic E-state index is 0.0950. The largest absolute Gasteiger partial charge is 0.497 e. The van der Waals surface area contributed by atoms with Crippen molar-refractivity contribution in [3.05, 3.63) is 65.5 Å². The summed E-state index contributed by atoms with van der Waals surface area (Å²) in [5.74, 6) is -0.0737. The highest BCUT2D eigenvalue weighted by atomic mass is 19.1. The minimum Gasteiger partial charge on any atom is -0.497 e. The number of likely N-dealkylation sites (N-methyl/N-ethyl adjacent to an activating group) is 1. The quantitative estimate of drug-likeness (QED) is 0.775. The van der Waals surface area contributed by atoms with E-state index in [0.717, 1.165) is 5.56 Å². The summed E-state index contributed by atoms with van der Waals surface area (Å²) in [4.78, 5) is 26.9. The van der Waals surface area contributed by atoms with Crippen LogP contribution in [-0.2, 0) is 22.6 Å². The molecule has 0 radical (unpaired) electrons. The second-order valence-electron chi connectivity index (χ2n) is 6.21. The lowest BCUT2D eigenvalue weighted by molar-refractivity contribution is -0.140. The normalized spacial score (nSPS) is 11.6. The number of methoxy groups -OCH3 is 1. The van der Waals surface area contributed by atoms with Crippen LogP contribution < -0.4 is 10.1 Å². The van der Waals surface area contributed by atoms with Crippen molar-refractivity contribution >= 4 is 11.8 Å². The smallest absolute Gasteiger partial charge is 0.242 e. The molecule has 0 aliphatic rings. The Morgan fingerprint density at radius 2 is 1.85 bits per heavy atom. The number of benzene rings is 2. The highest BCUT2D eigenvalue weighted by molar-refractivity contribution is 5.88. The van der Waals surface area contributed by atoms with E-state index in [2.05, 4.69) is 5.32 Å². The van der Waals surface area contributed by atoms with E-state index in [-0.39, 0.29) is 30.6 Å². The number of nitrogens with zero attached hydrogens (tertiary/aromatic N) is 1. The number of hydrogen-bond acceptors (Lipinski definition) is 3. The molecule has 2 aromatic rings. The van der Waals surface area contributed by atoms with Gasteiger partial charge in [-0.15, -0.1) is 0 Å². The van der Waals surface area contributed by atoms with Gasteiger partial charge in [-0.3, -0.25) is 9.59 Å². The van der Waals surface area contributed by atoms with Crippen molar-refractivity contribution in [3.8, 4) is 5.75 Å². The second-order valence-corrected chi connectivity index (χ2v) is 6.21. The summed E-state index contributed by atoms with van der Waals surface area (Å²) in [6.45, 7) is 2.15. The zero-order valence-electron chi connectivity index (χ0n) is 15.9. The Balaban J connectivity index is 2.28. The highest BCUT2D eigenvalue weighted by Crippen LogP contribution is 2.18. The average molecular weight is 372 g/mol. The van der Waals surface area contributed by atoms with Gasteiger partial charge in [-0.2, -0.15) is 0 Å². The molecule has 5 nitrogen and oxygen atoms in total. The van der Waals surface area contributed by atoms with Crippen LogP contribution in [0.4, 0.5) is 4.39 Å². The first-order chi connectivity index (χ1) is 13.0. The van der Waals surface area contributed by atoms with Gasteiger partial charge in [0, 0.05) is 13.6 Å². The van der Waals surface area contributed by atoms with Crippen molar-refractivity contribution in [1.29, 1.82) is 0 Å². The molecule has 27 heavy (non-hydrogen) atoms. The number of hydrogen-bond donors (Lipinski definition) is 1. The number of carbonyl (C=O) groups is 2. The fourth-order valence-electron chi connectivity index (χ4n) is 2.93. The zero-order valence-corrected chi connectivity index (χ0v) is 15.9. The molecular weight excluding hydrogens is 347 g/mol. The number of halogens is 1. The average Bonchev–Trinajstić information content (AvgIpc) is 2.69. The van der Waals surface area contributed by atoms with Gasteiger partial charge < -0.3 is 15.0 Å². The van der Waals surface area contributed by atoms with Crippen LogP contribution in [0, 0.1) is 5.82 Å². The first-order valence-corrected chi connectivity index (χ1v) is 8.87.